The summed E-state index contributed by atoms with van der Waals surface area (Å²) in [6, 6.07) is 17.3. The van der Waals surface area contributed by atoms with E-state index in [0.29, 0.717) is 10.8 Å². The molecule has 0 unspecified atom stereocenters. The molecule has 1 N–H and O–H groups in total. The fourth-order valence-corrected chi connectivity index (χ4v) is 3.42. The number of carbonyl (C=O) groups excluding carboxylic acids is 2. The first kappa shape index (κ1) is 21.1. The molecule has 1 aliphatic heterocycles. The van der Waals surface area contributed by atoms with Crippen molar-refractivity contribution in [2.75, 3.05) is 26.3 Å². The summed E-state index contributed by atoms with van der Waals surface area (Å²) in [6.45, 7) is 2.16. The normalized spacial score (nSPS) is 14.9. The second-order valence-corrected chi connectivity index (χ2v) is 7.39. The van der Waals surface area contributed by atoms with E-state index in [9.17, 15) is 9.59 Å². The minimum absolute atomic E-state index is 0.104. The topological polar surface area (TPSA) is 67.9 Å². The number of benzene rings is 2. The van der Waals surface area contributed by atoms with Gasteiger partial charge in [-0.05, 0) is 30.5 Å². The lowest BCUT2D eigenvalue weighted by Crippen LogP contribution is -2.45. The Morgan fingerprint density at radius 1 is 1.00 bits per heavy atom. The monoisotopic (exact) mass is 416 g/mol. The fourth-order valence-electron chi connectivity index (χ4n) is 3.23. The van der Waals surface area contributed by atoms with Gasteiger partial charge in [0.05, 0.1) is 5.02 Å². The zero-order valence-corrected chi connectivity index (χ0v) is 16.9. The third kappa shape index (κ3) is 7.07. The van der Waals surface area contributed by atoms with E-state index in [2.05, 4.69) is 22.3 Å². The van der Waals surface area contributed by atoms with Crippen LogP contribution >= 0.6 is 11.6 Å². The minimum Gasteiger partial charge on any atom is -0.480 e. The lowest BCUT2D eigenvalue weighted by atomic mass is 10.0. The molecular weight excluding hydrogens is 392 g/mol. The largest absolute Gasteiger partial charge is 0.480 e. The first-order valence-electron chi connectivity index (χ1n) is 9.69. The Bertz CT molecular complexity index is 807. The van der Waals surface area contributed by atoms with Crippen LogP contribution in [-0.4, -0.2) is 49.1 Å². The molecule has 6 nitrogen and oxygen atoms in total. The molecule has 2 aromatic carbocycles. The van der Waals surface area contributed by atoms with Gasteiger partial charge in [-0.1, -0.05) is 54.1 Å². The van der Waals surface area contributed by atoms with Crippen LogP contribution in [0.15, 0.2) is 54.6 Å². The van der Waals surface area contributed by atoms with Gasteiger partial charge in [0.1, 0.15) is 5.75 Å². The average Bonchev–Trinajstić information content (AvgIpc) is 2.74. The molecule has 0 saturated carbocycles. The Balaban J connectivity index is 1.31. The van der Waals surface area contributed by atoms with Gasteiger partial charge in [-0.25, -0.2) is 4.79 Å². The molecule has 1 aliphatic rings. The molecule has 0 aromatic heterocycles. The van der Waals surface area contributed by atoms with Crippen LogP contribution in [0.3, 0.4) is 0 Å². The van der Waals surface area contributed by atoms with E-state index in [1.165, 1.54) is 5.56 Å². The number of piperidine rings is 1. The second kappa shape index (κ2) is 10.8. The summed E-state index contributed by atoms with van der Waals surface area (Å²) in [5, 5.41) is 3.35. The van der Waals surface area contributed by atoms with Crippen molar-refractivity contribution >= 4 is 23.5 Å². The zero-order valence-electron chi connectivity index (χ0n) is 16.2. The maximum Gasteiger partial charge on any atom is 0.344 e. The molecule has 0 atom stereocenters. The van der Waals surface area contributed by atoms with Crippen molar-refractivity contribution < 1.29 is 19.1 Å². The first-order valence-corrected chi connectivity index (χ1v) is 10.1. The molecule has 1 heterocycles. The summed E-state index contributed by atoms with van der Waals surface area (Å²) in [5.74, 6) is -0.506. The summed E-state index contributed by atoms with van der Waals surface area (Å²) >= 11 is 5.95. The van der Waals surface area contributed by atoms with Crippen LogP contribution in [0.25, 0.3) is 0 Å². The summed E-state index contributed by atoms with van der Waals surface area (Å²) in [6.07, 6.45) is 1.75. The molecule has 0 radical (unpaired) electrons. The third-order valence-electron chi connectivity index (χ3n) is 4.75. The van der Waals surface area contributed by atoms with Crippen LogP contribution in [0.5, 0.6) is 5.75 Å². The van der Waals surface area contributed by atoms with E-state index < -0.39 is 5.97 Å². The van der Waals surface area contributed by atoms with Gasteiger partial charge >= 0.3 is 5.97 Å². The highest BCUT2D eigenvalue weighted by molar-refractivity contribution is 6.32. The number of hydrogen-bond acceptors (Lipinski definition) is 5. The Hall–Kier alpha value is -2.57. The number of likely N-dealkylation sites (tertiary alicyclic amines) is 1. The predicted molar refractivity (Wildman–Crippen MR) is 111 cm³/mol. The molecule has 7 heteroatoms. The quantitative estimate of drug-likeness (QED) is 0.670. The van der Waals surface area contributed by atoms with Gasteiger partial charge < -0.3 is 14.8 Å². The first-order chi connectivity index (χ1) is 14.1. The Morgan fingerprint density at radius 3 is 2.41 bits per heavy atom. The third-order valence-corrected chi connectivity index (χ3v) is 5.06. The Morgan fingerprint density at radius 2 is 1.69 bits per heavy atom. The zero-order chi connectivity index (χ0) is 20.5. The summed E-state index contributed by atoms with van der Waals surface area (Å²) < 4.78 is 10.3. The maximum atomic E-state index is 12.1. The molecule has 154 valence electrons. The number of nitrogens with zero attached hydrogens (tertiary/aromatic N) is 1. The van der Waals surface area contributed by atoms with Gasteiger partial charge in [0.15, 0.2) is 13.2 Å². The number of hydrogen-bond donors (Lipinski definition) is 1. The molecule has 1 amide bonds. The molecule has 1 fully saturated rings. The number of rotatable bonds is 8. The summed E-state index contributed by atoms with van der Waals surface area (Å²) in [7, 11) is 0. The number of ether oxygens (including phenoxy) is 2. The van der Waals surface area contributed by atoms with Crippen molar-refractivity contribution in [3.05, 3.63) is 65.2 Å². The highest BCUT2D eigenvalue weighted by Crippen LogP contribution is 2.22. The highest BCUT2D eigenvalue weighted by Gasteiger charge is 2.21. The van der Waals surface area contributed by atoms with Crippen LogP contribution < -0.4 is 10.1 Å². The number of nitrogens with one attached hydrogen (secondary N) is 1. The maximum absolute atomic E-state index is 12.1. The number of carbonyl (C=O) groups is 2. The van der Waals surface area contributed by atoms with E-state index in [1.807, 2.05) is 18.2 Å². The van der Waals surface area contributed by atoms with Crippen LogP contribution in [-0.2, 0) is 20.9 Å². The summed E-state index contributed by atoms with van der Waals surface area (Å²) in [4.78, 5) is 26.2. The standard InChI is InChI=1S/C22H25ClN2O4/c23-19-8-4-5-9-20(19)28-16-22(27)29-15-21(26)24-18-10-12-25(13-11-18)14-17-6-2-1-3-7-17/h1-9,18H,10-16H2,(H,24,26). The van der Waals surface area contributed by atoms with E-state index in [-0.39, 0.29) is 25.2 Å². The van der Waals surface area contributed by atoms with Crippen molar-refractivity contribution in [2.45, 2.75) is 25.4 Å². The van der Waals surface area contributed by atoms with Gasteiger partial charge in [0, 0.05) is 25.7 Å². The van der Waals surface area contributed by atoms with Crippen molar-refractivity contribution in [3.63, 3.8) is 0 Å². The number of para-hydroxylation sites is 1. The van der Waals surface area contributed by atoms with E-state index in [0.717, 1.165) is 32.5 Å². The smallest absolute Gasteiger partial charge is 0.344 e. The van der Waals surface area contributed by atoms with Crippen molar-refractivity contribution in [3.8, 4) is 5.75 Å². The van der Waals surface area contributed by atoms with Gasteiger partial charge in [-0.15, -0.1) is 0 Å². The molecule has 2 aromatic rings. The van der Waals surface area contributed by atoms with E-state index >= 15 is 0 Å². The Labute approximate surface area is 175 Å². The van der Waals surface area contributed by atoms with Crippen LogP contribution in [0.2, 0.25) is 5.02 Å². The minimum atomic E-state index is -0.613. The highest BCUT2D eigenvalue weighted by atomic mass is 35.5. The average molecular weight is 417 g/mol. The molecule has 0 aliphatic carbocycles. The lowest BCUT2D eigenvalue weighted by molar-refractivity contribution is -0.150. The molecule has 0 spiro atoms. The van der Waals surface area contributed by atoms with E-state index in [4.69, 9.17) is 21.1 Å². The van der Waals surface area contributed by atoms with Crippen molar-refractivity contribution in [2.24, 2.45) is 0 Å². The molecule has 0 bridgehead atoms. The second-order valence-electron chi connectivity index (χ2n) is 6.98. The van der Waals surface area contributed by atoms with Gasteiger partial charge in [0.25, 0.3) is 5.91 Å². The fraction of sp³-hybridized carbons (Fsp3) is 0.364. The molecule has 1 saturated heterocycles. The molecular formula is C22H25ClN2O4. The Kier molecular flexibility index (Phi) is 7.90. The van der Waals surface area contributed by atoms with Crippen molar-refractivity contribution in [1.82, 2.24) is 10.2 Å². The predicted octanol–water partition coefficient (Wildman–Crippen LogP) is 3.04. The lowest BCUT2D eigenvalue weighted by Gasteiger charge is -2.32. The van der Waals surface area contributed by atoms with Crippen LogP contribution in [0, 0.1) is 0 Å². The number of halogens is 1. The van der Waals surface area contributed by atoms with Crippen LogP contribution in [0.1, 0.15) is 18.4 Å². The van der Waals surface area contributed by atoms with Gasteiger partial charge in [-0.3, -0.25) is 9.69 Å². The molecule has 29 heavy (non-hydrogen) atoms. The molecule has 3 rings (SSSR count). The SMILES string of the molecule is O=C(COC(=O)COc1ccccc1Cl)NC1CCN(Cc2ccccc2)CC1. The van der Waals surface area contributed by atoms with E-state index in [1.54, 1.807) is 24.3 Å². The van der Waals surface area contributed by atoms with Gasteiger partial charge in [0.2, 0.25) is 0 Å². The van der Waals surface area contributed by atoms with Crippen LogP contribution in [0.4, 0.5) is 0 Å². The number of amides is 1. The summed E-state index contributed by atoms with van der Waals surface area (Å²) in [5.41, 5.74) is 1.29. The van der Waals surface area contributed by atoms with Gasteiger partial charge in [-0.2, -0.15) is 0 Å². The van der Waals surface area contributed by atoms with Crippen molar-refractivity contribution in [1.29, 1.82) is 0 Å². The number of esters is 1.